The molecule has 1 heterocycles. The number of nitrogen functional groups attached to an aromatic ring is 1. The van der Waals surface area contributed by atoms with E-state index in [-0.39, 0.29) is 11.9 Å². The molecule has 2 rings (SSSR count). The van der Waals surface area contributed by atoms with Crippen LogP contribution in [0, 0.1) is 6.92 Å². The van der Waals surface area contributed by atoms with Gasteiger partial charge in [0.15, 0.2) is 5.82 Å². The maximum atomic E-state index is 11.6. The Morgan fingerprint density at radius 2 is 2.11 bits per heavy atom. The summed E-state index contributed by atoms with van der Waals surface area (Å²) in [5, 5.41) is 6.12. The van der Waals surface area contributed by atoms with E-state index in [4.69, 9.17) is 10.3 Å². The Kier molecular flexibility index (Phi) is 3.57. The molecule has 0 bridgehead atoms. The van der Waals surface area contributed by atoms with Crippen LogP contribution in [-0.4, -0.2) is 16.0 Å². The van der Waals surface area contributed by atoms with Crippen molar-refractivity contribution in [2.24, 2.45) is 0 Å². The van der Waals surface area contributed by atoms with Crippen LogP contribution in [-0.2, 0) is 11.2 Å². The van der Waals surface area contributed by atoms with Gasteiger partial charge in [-0.1, -0.05) is 17.3 Å². The standard InChI is InChI=1S/C12H14N4O2/c1-8-14-12(18-16-8)15-11(17)7-4-9-2-5-10(13)6-3-9/h2-3,5-6H,4,7,13H2,1H3,(H,14,15,16,17). The van der Waals surface area contributed by atoms with Crippen molar-refractivity contribution >= 4 is 17.6 Å². The number of benzene rings is 1. The third-order valence-electron chi connectivity index (χ3n) is 2.39. The number of hydrogen-bond acceptors (Lipinski definition) is 5. The van der Waals surface area contributed by atoms with E-state index in [1.807, 2.05) is 24.3 Å². The zero-order valence-electron chi connectivity index (χ0n) is 10.0. The maximum Gasteiger partial charge on any atom is 0.328 e. The van der Waals surface area contributed by atoms with Crippen LogP contribution in [0.4, 0.5) is 11.7 Å². The molecule has 2 aromatic rings. The zero-order valence-corrected chi connectivity index (χ0v) is 10.0. The molecule has 94 valence electrons. The molecule has 1 aromatic carbocycles. The number of nitrogens with zero attached hydrogens (tertiary/aromatic N) is 2. The van der Waals surface area contributed by atoms with E-state index in [1.54, 1.807) is 6.92 Å². The van der Waals surface area contributed by atoms with Gasteiger partial charge in [0.2, 0.25) is 5.91 Å². The molecular weight excluding hydrogens is 232 g/mol. The lowest BCUT2D eigenvalue weighted by Gasteiger charge is -2.01. The lowest BCUT2D eigenvalue weighted by atomic mass is 10.1. The SMILES string of the molecule is Cc1noc(NC(=O)CCc2ccc(N)cc2)n1. The molecule has 0 aliphatic heterocycles. The van der Waals surface area contributed by atoms with Crippen LogP contribution in [0.5, 0.6) is 0 Å². The summed E-state index contributed by atoms with van der Waals surface area (Å²) in [5.74, 6) is 0.333. The predicted octanol–water partition coefficient (Wildman–Crippen LogP) is 1.53. The Morgan fingerprint density at radius 3 is 2.72 bits per heavy atom. The third kappa shape index (κ3) is 3.31. The van der Waals surface area contributed by atoms with Crippen LogP contribution in [0.1, 0.15) is 17.8 Å². The first-order valence-corrected chi connectivity index (χ1v) is 5.58. The van der Waals surface area contributed by atoms with Crippen LogP contribution < -0.4 is 11.1 Å². The number of rotatable bonds is 4. The Labute approximate surface area is 104 Å². The van der Waals surface area contributed by atoms with Gasteiger partial charge < -0.3 is 10.3 Å². The van der Waals surface area contributed by atoms with Gasteiger partial charge in [0.1, 0.15) is 0 Å². The van der Waals surface area contributed by atoms with E-state index in [0.717, 1.165) is 5.56 Å². The van der Waals surface area contributed by atoms with E-state index < -0.39 is 0 Å². The van der Waals surface area contributed by atoms with Crippen molar-refractivity contribution in [1.82, 2.24) is 10.1 Å². The average Bonchev–Trinajstić information content (AvgIpc) is 2.74. The number of amides is 1. The van der Waals surface area contributed by atoms with Gasteiger partial charge in [-0.05, 0) is 31.0 Å². The molecule has 0 saturated heterocycles. The van der Waals surface area contributed by atoms with Crippen molar-refractivity contribution in [2.75, 3.05) is 11.1 Å². The molecule has 0 aliphatic carbocycles. The minimum Gasteiger partial charge on any atom is -0.399 e. The van der Waals surface area contributed by atoms with Crippen LogP contribution in [0.3, 0.4) is 0 Å². The van der Waals surface area contributed by atoms with Gasteiger partial charge in [-0.25, -0.2) is 0 Å². The second-order valence-electron chi connectivity index (χ2n) is 3.94. The highest BCUT2D eigenvalue weighted by atomic mass is 16.5. The van der Waals surface area contributed by atoms with Gasteiger partial charge in [-0.3, -0.25) is 10.1 Å². The topological polar surface area (TPSA) is 94.0 Å². The molecule has 0 spiro atoms. The van der Waals surface area contributed by atoms with Crippen LogP contribution in [0.15, 0.2) is 28.8 Å². The summed E-state index contributed by atoms with van der Waals surface area (Å²) in [6, 6.07) is 7.57. The first-order valence-electron chi connectivity index (χ1n) is 5.58. The monoisotopic (exact) mass is 246 g/mol. The van der Waals surface area contributed by atoms with Crippen molar-refractivity contribution in [3.05, 3.63) is 35.7 Å². The second kappa shape index (κ2) is 5.31. The Morgan fingerprint density at radius 1 is 1.39 bits per heavy atom. The van der Waals surface area contributed by atoms with E-state index >= 15 is 0 Å². The summed E-state index contributed by atoms with van der Waals surface area (Å²) < 4.78 is 4.79. The van der Waals surface area contributed by atoms with Gasteiger partial charge in [-0.2, -0.15) is 4.98 Å². The highest BCUT2D eigenvalue weighted by Crippen LogP contribution is 2.09. The zero-order chi connectivity index (χ0) is 13.0. The van der Waals surface area contributed by atoms with Crippen molar-refractivity contribution in [2.45, 2.75) is 19.8 Å². The van der Waals surface area contributed by atoms with E-state index in [9.17, 15) is 4.79 Å². The van der Waals surface area contributed by atoms with E-state index in [2.05, 4.69) is 15.5 Å². The van der Waals surface area contributed by atoms with Crippen molar-refractivity contribution in [1.29, 1.82) is 0 Å². The number of carbonyl (C=O) groups is 1. The minimum absolute atomic E-state index is 0.134. The molecule has 1 amide bonds. The first-order chi connectivity index (χ1) is 8.63. The summed E-state index contributed by atoms with van der Waals surface area (Å²) in [6.07, 6.45) is 0.991. The van der Waals surface area contributed by atoms with Gasteiger partial charge >= 0.3 is 6.01 Å². The smallest absolute Gasteiger partial charge is 0.328 e. The van der Waals surface area contributed by atoms with Crippen molar-refractivity contribution in [3.8, 4) is 0 Å². The molecule has 0 fully saturated rings. The van der Waals surface area contributed by atoms with Gasteiger partial charge in [0.05, 0.1) is 0 Å². The fourth-order valence-electron chi connectivity index (χ4n) is 1.47. The highest BCUT2D eigenvalue weighted by Gasteiger charge is 2.07. The molecule has 1 aromatic heterocycles. The second-order valence-corrected chi connectivity index (χ2v) is 3.94. The number of anilines is 2. The summed E-state index contributed by atoms with van der Waals surface area (Å²) in [7, 11) is 0. The molecule has 0 atom stereocenters. The maximum absolute atomic E-state index is 11.6. The number of hydrogen-bond donors (Lipinski definition) is 2. The largest absolute Gasteiger partial charge is 0.399 e. The molecular formula is C12H14N4O2. The molecule has 6 nitrogen and oxygen atoms in total. The van der Waals surface area contributed by atoms with Crippen molar-refractivity contribution < 1.29 is 9.32 Å². The summed E-state index contributed by atoms with van der Waals surface area (Å²) in [5.41, 5.74) is 7.35. The molecule has 6 heteroatoms. The van der Waals surface area contributed by atoms with Gasteiger partial charge in [0, 0.05) is 12.1 Å². The number of carbonyl (C=O) groups excluding carboxylic acids is 1. The summed E-state index contributed by atoms with van der Waals surface area (Å²) >= 11 is 0. The molecule has 0 radical (unpaired) electrons. The Hall–Kier alpha value is -2.37. The minimum atomic E-state index is -0.157. The highest BCUT2D eigenvalue weighted by molar-refractivity contribution is 5.88. The fourth-order valence-corrected chi connectivity index (χ4v) is 1.47. The van der Waals surface area contributed by atoms with Gasteiger partial charge in [0.25, 0.3) is 0 Å². The molecule has 0 aliphatic rings. The Balaban J connectivity index is 1.83. The molecule has 0 unspecified atom stereocenters. The van der Waals surface area contributed by atoms with Crippen LogP contribution in [0.25, 0.3) is 0 Å². The lowest BCUT2D eigenvalue weighted by molar-refractivity contribution is -0.116. The Bertz CT molecular complexity index is 533. The van der Waals surface area contributed by atoms with E-state index in [1.165, 1.54) is 0 Å². The quantitative estimate of drug-likeness (QED) is 0.798. The number of nitrogens with one attached hydrogen (secondary N) is 1. The number of nitrogens with two attached hydrogens (primary N) is 1. The predicted molar refractivity (Wildman–Crippen MR) is 66.8 cm³/mol. The summed E-state index contributed by atoms with van der Waals surface area (Å²) in [4.78, 5) is 15.5. The normalized spacial score (nSPS) is 10.3. The molecule has 18 heavy (non-hydrogen) atoms. The summed E-state index contributed by atoms with van der Waals surface area (Å²) in [6.45, 7) is 1.69. The van der Waals surface area contributed by atoms with Crippen LogP contribution in [0.2, 0.25) is 0 Å². The van der Waals surface area contributed by atoms with Crippen molar-refractivity contribution in [3.63, 3.8) is 0 Å². The lowest BCUT2D eigenvalue weighted by Crippen LogP contribution is -2.12. The first kappa shape index (κ1) is 12.1. The number of aromatic nitrogens is 2. The van der Waals surface area contributed by atoms with Gasteiger partial charge in [-0.15, -0.1) is 0 Å². The average molecular weight is 246 g/mol. The number of aryl methyl sites for hydroxylation is 2. The van der Waals surface area contributed by atoms with Crippen LogP contribution >= 0.6 is 0 Å². The van der Waals surface area contributed by atoms with E-state index in [0.29, 0.717) is 24.4 Å². The fraction of sp³-hybridized carbons (Fsp3) is 0.250. The third-order valence-corrected chi connectivity index (χ3v) is 2.39. The molecule has 3 N–H and O–H groups in total. The molecule has 0 saturated carbocycles.